The van der Waals surface area contributed by atoms with E-state index in [4.69, 9.17) is 0 Å². The molecular weight excluding hydrogens is 350 g/mol. The summed E-state index contributed by atoms with van der Waals surface area (Å²) < 4.78 is 3.76. The number of anilines is 3. The molecule has 3 amide bonds. The molecule has 1 heterocycles. The van der Waals surface area contributed by atoms with Crippen LogP contribution >= 0.6 is 11.5 Å². The number of rotatable bonds is 4. The Bertz CT molecular complexity index is 937. The second-order valence-electron chi connectivity index (χ2n) is 5.72. The van der Waals surface area contributed by atoms with Gasteiger partial charge in [0.1, 0.15) is 0 Å². The molecular formula is C18H17N5O2S. The van der Waals surface area contributed by atoms with Crippen LogP contribution in [0.1, 0.15) is 21.6 Å². The smallest absolute Gasteiger partial charge is 0.320 e. The number of nitrogens with zero attached hydrogens (tertiary/aromatic N) is 2. The van der Waals surface area contributed by atoms with E-state index in [1.807, 2.05) is 44.2 Å². The van der Waals surface area contributed by atoms with Gasteiger partial charge in [-0.25, -0.2) is 4.79 Å². The second-order valence-corrected chi connectivity index (χ2v) is 6.47. The largest absolute Gasteiger partial charge is 0.324 e. The standard InChI is InChI=1S/C18H17N5O2S/c1-11-6-8-13(9-7-11)20-18(25)21-17-15(22-23-26-17)16(24)19-14-5-3-4-12(2)10-14/h3-10H,1-2H3,(H,19,24)(H2,20,21,25). The molecule has 8 heteroatoms. The normalized spacial score (nSPS) is 10.2. The van der Waals surface area contributed by atoms with Crippen molar-refractivity contribution in [2.24, 2.45) is 0 Å². The van der Waals surface area contributed by atoms with Gasteiger partial charge in [0.25, 0.3) is 5.91 Å². The topological polar surface area (TPSA) is 96.0 Å². The fraction of sp³-hybridized carbons (Fsp3) is 0.111. The summed E-state index contributed by atoms with van der Waals surface area (Å²) in [7, 11) is 0. The van der Waals surface area contributed by atoms with Crippen LogP contribution in [-0.4, -0.2) is 21.5 Å². The Morgan fingerprint density at radius 3 is 2.38 bits per heavy atom. The minimum Gasteiger partial charge on any atom is -0.320 e. The summed E-state index contributed by atoms with van der Waals surface area (Å²) in [5.74, 6) is -0.435. The van der Waals surface area contributed by atoms with Crippen LogP contribution in [0.15, 0.2) is 48.5 Å². The zero-order valence-corrected chi connectivity index (χ0v) is 15.1. The van der Waals surface area contributed by atoms with Gasteiger partial charge in [0, 0.05) is 22.9 Å². The molecule has 0 radical (unpaired) electrons. The van der Waals surface area contributed by atoms with Crippen molar-refractivity contribution < 1.29 is 9.59 Å². The maximum absolute atomic E-state index is 12.4. The highest BCUT2D eigenvalue weighted by molar-refractivity contribution is 7.10. The highest BCUT2D eigenvalue weighted by Gasteiger charge is 2.18. The molecule has 2 aromatic carbocycles. The van der Waals surface area contributed by atoms with Gasteiger partial charge in [-0.05, 0) is 43.7 Å². The molecule has 7 nitrogen and oxygen atoms in total. The van der Waals surface area contributed by atoms with E-state index >= 15 is 0 Å². The summed E-state index contributed by atoms with van der Waals surface area (Å²) in [6, 6.07) is 14.3. The Labute approximate surface area is 154 Å². The first-order chi connectivity index (χ1) is 12.5. The molecule has 0 saturated heterocycles. The van der Waals surface area contributed by atoms with Crippen LogP contribution in [-0.2, 0) is 0 Å². The Hall–Kier alpha value is -3.26. The van der Waals surface area contributed by atoms with Crippen LogP contribution < -0.4 is 16.0 Å². The molecule has 0 unspecified atom stereocenters. The lowest BCUT2D eigenvalue weighted by atomic mass is 10.2. The average Bonchev–Trinajstić information content (AvgIpc) is 3.05. The van der Waals surface area contributed by atoms with E-state index in [0.717, 1.165) is 22.7 Å². The van der Waals surface area contributed by atoms with Crippen molar-refractivity contribution in [2.75, 3.05) is 16.0 Å². The molecule has 26 heavy (non-hydrogen) atoms. The lowest BCUT2D eigenvalue weighted by molar-refractivity contribution is 0.102. The first kappa shape index (κ1) is 17.6. The van der Waals surface area contributed by atoms with Crippen LogP contribution in [0, 0.1) is 13.8 Å². The highest BCUT2D eigenvalue weighted by atomic mass is 32.1. The van der Waals surface area contributed by atoms with E-state index in [2.05, 4.69) is 25.5 Å². The van der Waals surface area contributed by atoms with Crippen molar-refractivity contribution in [1.29, 1.82) is 0 Å². The molecule has 1 aromatic heterocycles. The van der Waals surface area contributed by atoms with Crippen molar-refractivity contribution in [1.82, 2.24) is 9.59 Å². The van der Waals surface area contributed by atoms with Gasteiger partial charge in [-0.1, -0.05) is 34.3 Å². The maximum atomic E-state index is 12.4. The fourth-order valence-electron chi connectivity index (χ4n) is 2.24. The Balaban J connectivity index is 1.66. The lowest BCUT2D eigenvalue weighted by Gasteiger charge is -2.08. The Kier molecular flexibility index (Phi) is 5.23. The van der Waals surface area contributed by atoms with Crippen molar-refractivity contribution in [2.45, 2.75) is 13.8 Å². The summed E-state index contributed by atoms with van der Waals surface area (Å²) in [6.07, 6.45) is 0. The highest BCUT2D eigenvalue weighted by Crippen LogP contribution is 2.20. The van der Waals surface area contributed by atoms with Crippen LogP contribution in [0.25, 0.3) is 0 Å². The number of aryl methyl sites for hydroxylation is 2. The van der Waals surface area contributed by atoms with E-state index in [9.17, 15) is 9.59 Å². The zero-order valence-electron chi connectivity index (χ0n) is 14.2. The van der Waals surface area contributed by atoms with Crippen molar-refractivity contribution in [3.8, 4) is 0 Å². The van der Waals surface area contributed by atoms with Crippen molar-refractivity contribution in [3.63, 3.8) is 0 Å². The van der Waals surface area contributed by atoms with Crippen molar-refractivity contribution >= 4 is 39.8 Å². The van der Waals surface area contributed by atoms with E-state index < -0.39 is 11.9 Å². The number of urea groups is 1. The zero-order chi connectivity index (χ0) is 18.5. The minimum absolute atomic E-state index is 0.0653. The van der Waals surface area contributed by atoms with E-state index in [1.54, 1.807) is 18.2 Å². The summed E-state index contributed by atoms with van der Waals surface area (Å²) in [5, 5.41) is 12.2. The molecule has 0 spiro atoms. The molecule has 0 fully saturated rings. The van der Waals surface area contributed by atoms with Gasteiger partial charge in [0.15, 0.2) is 10.7 Å². The lowest BCUT2D eigenvalue weighted by Crippen LogP contribution is -2.21. The van der Waals surface area contributed by atoms with Gasteiger partial charge in [0.05, 0.1) is 0 Å². The van der Waals surface area contributed by atoms with Gasteiger partial charge in [0.2, 0.25) is 0 Å². The maximum Gasteiger partial charge on any atom is 0.324 e. The number of amides is 3. The van der Waals surface area contributed by atoms with Crippen LogP contribution in [0.5, 0.6) is 0 Å². The molecule has 3 aromatic rings. The Morgan fingerprint density at radius 2 is 1.65 bits per heavy atom. The van der Waals surface area contributed by atoms with E-state index in [0.29, 0.717) is 11.4 Å². The quantitative estimate of drug-likeness (QED) is 0.648. The third-order valence-corrected chi connectivity index (χ3v) is 4.16. The molecule has 132 valence electrons. The van der Waals surface area contributed by atoms with Gasteiger partial charge in [-0.3, -0.25) is 10.1 Å². The average molecular weight is 367 g/mol. The molecule has 0 aliphatic carbocycles. The van der Waals surface area contributed by atoms with Crippen LogP contribution in [0.2, 0.25) is 0 Å². The van der Waals surface area contributed by atoms with Gasteiger partial charge in [-0.2, -0.15) is 0 Å². The van der Waals surface area contributed by atoms with E-state index in [-0.39, 0.29) is 10.7 Å². The van der Waals surface area contributed by atoms with E-state index in [1.165, 1.54) is 0 Å². The monoisotopic (exact) mass is 367 g/mol. The minimum atomic E-state index is -0.468. The number of benzene rings is 2. The number of nitrogens with one attached hydrogen (secondary N) is 3. The second kappa shape index (κ2) is 7.75. The van der Waals surface area contributed by atoms with Crippen LogP contribution in [0.3, 0.4) is 0 Å². The predicted molar refractivity (Wildman–Crippen MR) is 103 cm³/mol. The summed E-state index contributed by atoms with van der Waals surface area (Å²) in [4.78, 5) is 24.5. The Morgan fingerprint density at radius 1 is 0.885 bits per heavy atom. The first-order valence-electron chi connectivity index (χ1n) is 7.86. The van der Waals surface area contributed by atoms with Crippen molar-refractivity contribution in [3.05, 3.63) is 65.4 Å². The SMILES string of the molecule is Cc1ccc(NC(=O)Nc2snnc2C(=O)Nc2cccc(C)c2)cc1. The molecule has 0 bridgehead atoms. The molecule has 0 saturated carbocycles. The number of carbonyl (C=O) groups is 2. The molecule has 0 aliphatic heterocycles. The predicted octanol–water partition coefficient (Wildman–Crippen LogP) is 4.05. The summed E-state index contributed by atoms with van der Waals surface area (Å²) >= 11 is 0.939. The fourth-order valence-corrected chi connectivity index (χ4v) is 2.80. The number of aromatic nitrogens is 2. The van der Waals surface area contributed by atoms with Gasteiger partial charge < -0.3 is 10.6 Å². The summed E-state index contributed by atoms with van der Waals surface area (Å²) in [5.41, 5.74) is 3.48. The van der Waals surface area contributed by atoms with Gasteiger partial charge in [-0.15, -0.1) is 5.10 Å². The van der Waals surface area contributed by atoms with Gasteiger partial charge >= 0.3 is 6.03 Å². The number of carbonyl (C=O) groups excluding carboxylic acids is 2. The molecule has 0 aliphatic rings. The first-order valence-corrected chi connectivity index (χ1v) is 8.63. The number of hydrogen-bond donors (Lipinski definition) is 3. The third-order valence-electron chi connectivity index (χ3n) is 3.52. The molecule has 0 atom stereocenters. The third kappa shape index (κ3) is 4.42. The number of hydrogen-bond acceptors (Lipinski definition) is 5. The molecule has 3 N–H and O–H groups in total. The van der Waals surface area contributed by atoms with Crippen LogP contribution in [0.4, 0.5) is 21.2 Å². The summed E-state index contributed by atoms with van der Waals surface area (Å²) in [6.45, 7) is 3.90. The molecule has 3 rings (SSSR count).